The number of ether oxygens (including phenoxy) is 2. The third-order valence-corrected chi connectivity index (χ3v) is 2.79. The largest absolute Gasteiger partial charge is 0.461 e. The molecular formula is C16H23N3O4. The summed E-state index contributed by atoms with van der Waals surface area (Å²) in [6.07, 6.45) is 3.86. The summed E-state index contributed by atoms with van der Waals surface area (Å²) < 4.78 is 11.4. The summed E-state index contributed by atoms with van der Waals surface area (Å²) in [6, 6.07) is 3.45. The lowest BCUT2D eigenvalue weighted by Crippen LogP contribution is -2.15. The van der Waals surface area contributed by atoms with Crippen molar-refractivity contribution in [2.75, 3.05) is 19.0 Å². The fourth-order valence-electron chi connectivity index (χ4n) is 1.49. The third kappa shape index (κ3) is 5.71. The molecule has 0 spiro atoms. The van der Waals surface area contributed by atoms with Gasteiger partial charge in [0, 0.05) is 19.5 Å². The number of aromatic nitrogens is 2. The highest BCUT2D eigenvalue weighted by Crippen LogP contribution is 2.16. The summed E-state index contributed by atoms with van der Waals surface area (Å²) in [4.78, 5) is 26.0. The summed E-state index contributed by atoms with van der Waals surface area (Å²) in [6.45, 7) is 8.09. The summed E-state index contributed by atoms with van der Waals surface area (Å²) in [5.74, 6) is -0.478. The monoisotopic (exact) mass is 321 g/mol. The van der Waals surface area contributed by atoms with E-state index >= 15 is 0 Å². The average Bonchev–Trinajstić information content (AvgIpc) is 2.93. The fraction of sp³-hybridized carbons (Fsp3) is 0.438. The Kier molecular flexibility index (Phi) is 6.71. The van der Waals surface area contributed by atoms with E-state index in [1.54, 1.807) is 43.0 Å². The predicted molar refractivity (Wildman–Crippen MR) is 87.6 cm³/mol. The van der Waals surface area contributed by atoms with Crippen LogP contribution in [0.4, 0.5) is 5.69 Å². The molecule has 2 heterocycles. The highest BCUT2D eigenvalue weighted by atomic mass is 16.5. The number of nitrogens with one attached hydrogen (secondary N) is 1. The number of anilines is 1. The van der Waals surface area contributed by atoms with Crippen molar-refractivity contribution < 1.29 is 19.1 Å². The first-order valence-electron chi connectivity index (χ1n) is 7.22. The van der Waals surface area contributed by atoms with E-state index in [1.165, 1.54) is 0 Å². The number of hydrogen-bond donors (Lipinski definition) is 1. The van der Waals surface area contributed by atoms with Gasteiger partial charge in [-0.2, -0.15) is 0 Å². The smallest absolute Gasteiger partial charge is 0.358 e. The Morgan fingerprint density at radius 3 is 2.61 bits per heavy atom. The van der Waals surface area contributed by atoms with Crippen molar-refractivity contribution in [3.8, 4) is 0 Å². The number of carbonyl (C=O) groups excluding carboxylic acids is 2. The SMILES string of the molecule is CCOC(=O)c1cn2cccc(NC=O)c2n1.COC(C)(C)C. The number of carbonyl (C=O) groups is 2. The first-order valence-corrected chi connectivity index (χ1v) is 7.22. The van der Waals surface area contributed by atoms with Gasteiger partial charge in [0.1, 0.15) is 0 Å². The number of nitrogens with zero attached hydrogens (tertiary/aromatic N) is 2. The summed E-state index contributed by atoms with van der Waals surface area (Å²) >= 11 is 0. The van der Waals surface area contributed by atoms with Gasteiger partial charge >= 0.3 is 5.97 Å². The van der Waals surface area contributed by atoms with Crippen LogP contribution in [-0.2, 0) is 14.3 Å². The van der Waals surface area contributed by atoms with Crippen LogP contribution in [0.1, 0.15) is 38.2 Å². The standard InChI is InChI=1S/C11H11N3O3.C5H12O/c1-2-17-11(16)9-6-14-5-3-4-8(12-7-15)10(14)13-9;1-5(2,3)6-4/h3-7H,2H2,1H3,(H,12,15);1-4H3. The van der Waals surface area contributed by atoms with Gasteiger partial charge in [-0.25, -0.2) is 9.78 Å². The third-order valence-electron chi connectivity index (χ3n) is 2.79. The second kappa shape index (κ2) is 8.28. The lowest BCUT2D eigenvalue weighted by molar-refractivity contribution is -0.105. The molecule has 0 atom stereocenters. The van der Waals surface area contributed by atoms with Crippen molar-refractivity contribution in [2.24, 2.45) is 0 Å². The summed E-state index contributed by atoms with van der Waals surface area (Å²) in [7, 11) is 1.71. The Bertz CT molecular complexity index is 659. The molecule has 7 heteroatoms. The first-order chi connectivity index (χ1) is 10.8. The normalized spacial score (nSPS) is 10.7. The second-order valence-corrected chi connectivity index (χ2v) is 5.58. The second-order valence-electron chi connectivity index (χ2n) is 5.58. The van der Waals surface area contributed by atoms with Crippen molar-refractivity contribution in [3.05, 3.63) is 30.2 Å². The molecule has 0 aromatic carbocycles. The zero-order valence-corrected chi connectivity index (χ0v) is 14.1. The van der Waals surface area contributed by atoms with Gasteiger partial charge in [-0.05, 0) is 39.8 Å². The maximum atomic E-state index is 11.5. The Balaban J connectivity index is 0.000000379. The summed E-state index contributed by atoms with van der Waals surface area (Å²) in [5, 5.41) is 2.52. The van der Waals surface area contributed by atoms with Crippen molar-refractivity contribution in [3.63, 3.8) is 0 Å². The Labute approximate surface area is 135 Å². The first kappa shape index (κ1) is 18.6. The van der Waals surface area contributed by atoms with Crippen molar-refractivity contribution in [2.45, 2.75) is 33.3 Å². The molecule has 1 amide bonds. The quantitative estimate of drug-likeness (QED) is 0.691. The Morgan fingerprint density at radius 1 is 1.43 bits per heavy atom. The van der Waals surface area contributed by atoms with Gasteiger partial charge in [0.15, 0.2) is 11.3 Å². The molecule has 0 unspecified atom stereocenters. The molecule has 2 rings (SSSR count). The van der Waals surface area contributed by atoms with Crippen LogP contribution in [0.2, 0.25) is 0 Å². The molecule has 7 nitrogen and oxygen atoms in total. The number of pyridine rings is 1. The van der Waals surface area contributed by atoms with Crippen LogP contribution >= 0.6 is 0 Å². The Hall–Kier alpha value is -2.41. The van der Waals surface area contributed by atoms with E-state index in [1.807, 2.05) is 20.8 Å². The molecule has 0 saturated carbocycles. The number of rotatable bonds is 4. The number of amides is 1. The van der Waals surface area contributed by atoms with Crippen molar-refractivity contribution in [1.82, 2.24) is 9.38 Å². The van der Waals surface area contributed by atoms with E-state index in [-0.39, 0.29) is 11.3 Å². The number of fused-ring (bicyclic) bond motifs is 1. The van der Waals surface area contributed by atoms with Crippen LogP contribution in [0.5, 0.6) is 0 Å². The van der Waals surface area contributed by atoms with Gasteiger partial charge < -0.3 is 19.2 Å². The van der Waals surface area contributed by atoms with Gasteiger partial charge in [0.2, 0.25) is 6.41 Å². The predicted octanol–water partition coefficient (Wildman–Crippen LogP) is 2.51. The minimum atomic E-state index is -0.478. The molecule has 0 aliphatic heterocycles. The summed E-state index contributed by atoms with van der Waals surface area (Å²) in [5.41, 5.74) is 1.30. The topological polar surface area (TPSA) is 81.9 Å². The molecule has 0 aliphatic carbocycles. The van der Waals surface area contributed by atoms with Crippen LogP contribution in [-0.4, -0.2) is 41.1 Å². The van der Waals surface area contributed by atoms with Crippen molar-refractivity contribution in [1.29, 1.82) is 0 Å². The fourth-order valence-corrected chi connectivity index (χ4v) is 1.49. The molecule has 1 N–H and O–H groups in total. The van der Waals surface area contributed by atoms with Gasteiger partial charge in [0.25, 0.3) is 0 Å². The molecule has 126 valence electrons. The number of imidazole rings is 1. The van der Waals surface area contributed by atoms with E-state index in [2.05, 4.69) is 10.3 Å². The molecule has 23 heavy (non-hydrogen) atoms. The van der Waals surface area contributed by atoms with Crippen LogP contribution in [0, 0.1) is 0 Å². The molecule has 0 aliphatic rings. The zero-order valence-electron chi connectivity index (χ0n) is 14.1. The molecule has 0 fully saturated rings. The van der Waals surface area contributed by atoms with Crippen LogP contribution < -0.4 is 5.32 Å². The van der Waals surface area contributed by atoms with Gasteiger partial charge in [-0.3, -0.25) is 4.79 Å². The molecule has 2 aromatic rings. The number of hydrogen-bond acceptors (Lipinski definition) is 5. The number of methoxy groups -OCH3 is 1. The highest BCUT2D eigenvalue weighted by Gasteiger charge is 2.13. The molecule has 2 aromatic heterocycles. The minimum Gasteiger partial charge on any atom is -0.461 e. The molecular weight excluding hydrogens is 298 g/mol. The van der Waals surface area contributed by atoms with E-state index in [0.717, 1.165) is 0 Å². The number of esters is 1. The molecule has 0 radical (unpaired) electrons. The lowest BCUT2D eigenvalue weighted by atomic mass is 10.2. The van der Waals surface area contributed by atoms with E-state index in [9.17, 15) is 9.59 Å². The maximum absolute atomic E-state index is 11.5. The minimum absolute atomic E-state index is 0.0417. The van der Waals surface area contributed by atoms with Crippen LogP contribution in [0.3, 0.4) is 0 Å². The van der Waals surface area contributed by atoms with Crippen molar-refractivity contribution >= 4 is 23.7 Å². The van der Waals surface area contributed by atoms with E-state index < -0.39 is 5.97 Å². The van der Waals surface area contributed by atoms with E-state index in [0.29, 0.717) is 24.4 Å². The molecule has 0 bridgehead atoms. The van der Waals surface area contributed by atoms with Gasteiger partial charge in [-0.1, -0.05) is 0 Å². The van der Waals surface area contributed by atoms with Crippen LogP contribution in [0.15, 0.2) is 24.5 Å². The molecule has 0 saturated heterocycles. The van der Waals surface area contributed by atoms with Gasteiger partial charge in [0.05, 0.1) is 17.9 Å². The lowest BCUT2D eigenvalue weighted by Gasteiger charge is -2.14. The van der Waals surface area contributed by atoms with Crippen LogP contribution in [0.25, 0.3) is 5.65 Å². The van der Waals surface area contributed by atoms with E-state index in [4.69, 9.17) is 9.47 Å². The Morgan fingerprint density at radius 2 is 2.09 bits per heavy atom. The average molecular weight is 321 g/mol. The maximum Gasteiger partial charge on any atom is 0.358 e. The van der Waals surface area contributed by atoms with Gasteiger partial charge in [-0.15, -0.1) is 0 Å². The zero-order chi connectivity index (χ0) is 17.5. The highest BCUT2D eigenvalue weighted by molar-refractivity contribution is 5.90.